The Balaban J connectivity index is 1.11. The first kappa shape index (κ1) is 39.8. The van der Waals surface area contributed by atoms with E-state index in [1.807, 2.05) is 61.5 Å². The molecule has 6 rings (SSSR count). The third kappa shape index (κ3) is 10.9. The van der Waals surface area contributed by atoms with Crippen molar-refractivity contribution < 1.29 is 32.9 Å². The Hall–Kier alpha value is -5.89. The van der Waals surface area contributed by atoms with Gasteiger partial charge in [0.25, 0.3) is 0 Å². The topological polar surface area (TPSA) is 131 Å². The molecule has 4 aromatic carbocycles. The molecule has 2 heterocycles. The zero-order chi connectivity index (χ0) is 39.5. The lowest BCUT2D eigenvalue weighted by molar-refractivity contribution is 0.0179. The summed E-state index contributed by atoms with van der Waals surface area (Å²) in [5, 5.41) is 12.4. The van der Waals surface area contributed by atoms with Gasteiger partial charge in [0.1, 0.15) is 35.6 Å². The molecule has 0 radical (unpaired) electrons. The Morgan fingerprint density at radius 3 is 2.30 bits per heavy atom. The van der Waals surface area contributed by atoms with Crippen molar-refractivity contribution in [2.24, 2.45) is 0 Å². The molecule has 0 spiro atoms. The van der Waals surface area contributed by atoms with Crippen molar-refractivity contribution in [3.8, 4) is 23.1 Å². The van der Waals surface area contributed by atoms with Gasteiger partial charge < -0.3 is 29.0 Å². The lowest BCUT2D eigenvalue weighted by atomic mass is 9.92. The number of urea groups is 1. The lowest BCUT2D eigenvalue weighted by Crippen LogP contribution is -2.21. The number of benzene rings is 4. The van der Waals surface area contributed by atoms with Crippen LogP contribution in [0.4, 0.5) is 20.7 Å². The van der Waals surface area contributed by atoms with Crippen LogP contribution in [-0.4, -0.2) is 72.5 Å². The summed E-state index contributed by atoms with van der Waals surface area (Å²) >= 11 is 0. The van der Waals surface area contributed by atoms with Crippen LogP contribution in [0.15, 0.2) is 97.2 Å². The maximum absolute atomic E-state index is 14.6. The molecule has 0 aliphatic heterocycles. The maximum atomic E-state index is 14.6. The van der Waals surface area contributed by atoms with Gasteiger partial charge in [-0.2, -0.15) is 10.1 Å². The molecule has 0 atom stereocenters. The molecule has 2 aromatic heterocycles. The number of fused-ring (bicyclic) bond motifs is 1. The van der Waals surface area contributed by atoms with Crippen LogP contribution in [0.25, 0.3) is 16.5 Å². The molecule has 0 aliphatic rings. The van der Waals surface area contributed by atoms with Gasteiger partial charge in [0.15, 0.2) is 0 Å². The second kappa shape index (κ2) is 18.6. The Morgan fingerprint density at radius 1 is 0.821 bits per heavy atom. The predicted octanol–water partition coefficient (Wildman–Crippen LogP) is 8.65. The lowest BCUT2D eigenvalue weighted by Gasteiger charge is -2.14. The van der Waals surface area contributed by atoms with Crippen molar-refractivity contribution in [1.82, 2.24) is 19.7 Å². The number of halogens is 1. The maximum Gasteiger partial charge on any atom is 0.324 e. The minimum absolute atomic E-state index is 0.228. The van der Waals surface area contributed by atoms with Gasteiger partial charge in [0.2, 0.25) is 5.88 Å². The monoisotopic (exact) mass is 762 g/mol. The molecule has 12 nitrogen and oxygen atoms in total. The first-order valence-corrected chi connectivity index (χ1v) is 18.4. The number of nitrogens with zero attached hydrogens (tertiary/aromatic N) is 4. The average molecular weight is 763 g/mol. The smallest absolute Gasteiger partial charge is 0.324 e. The fraction of sp³-hybridized carbons (Fsp3) is 0.302. The number of nitrogens with one attached hydrogen (secondary N) is 2. The van der Waals surface area contributed by atoms with E-state index in [2.05, 4.69) is 41.4 Å². The molecule has 292 valence electrons. The Morgan fingerprint density at radius 2 is 1.55 bits per heavy atom. The Kier molecular flexibility index (Phi) is 13.2. The van der Waals surface area contributed by atoms with Crippen LogP contribution in [0.3, 0.4) is 0 Å². The number of amides is 2. The van der Waals surface area contributed by atoms with E-state index in [1.54, 1.807) is 42.3 Å². The standard InChI is InChI=1S/C43H47FN6O6/c1-29-10-12-32(13-11-29)50-40(28-38(49-50)43(2,3)4)48-42(51)46-36-14-15-37(35-9-7-6-8-34(35)36)56-41-16-17-45-39(47-41)26-30-24-31(44)27-33(25-30)55-23-22-54-21-20-53-19-18-52-5/h6-17,24-25,27-28H,18-23,26H2,1-5H3,(H2,46,48,51). The average Bonchev–Trinajstić information content (AvgIpc) is 3.60. The van der Waals surface area contributed by atoms with Crippen molar-refractivity contribution in [2.75, 3.05) is 57.4 Å². The van der Waals surface area contributed by atoms with E-state index < -0.39 is 11.8 Å². The van der Waals surface area contributed by atoms with Gasteiger partial charge in [-0.25, -0.2) is 18.9 Å². The van der Waals surface area contributed by atoms with Crippen molar-refractivity contribution in [3.63, 3.8) is 0 Å². The summed E-state index contributed by atoms with van der Waals surface area (Å²) in [6.45, 7) is 10.8. The summed E-state index contributed by atoms with van der Waals surface area (Å²) in [7, 11) is 1.62. The zero-order valence-electron chi connectivity index (χ0n) is 32.3. The molecule has 56 heavy (non-hydrogen) atoms. The van der Waals surface area contributed by atoms with E-state index in [9.17, 15) is 9.18 Å². The third-order valence-electron chi connectivity index (χ3n) is 8.62. The summed E-state index contributed by atoms with van der Waals surface area (Å²) in [6.07, 6.45) is 1.85. The van der Waals surface area contributed by atoms with Crippen LogP contribution in [0, 0.1) is 12.7 Å². The van der Waals surface area contributed by atoms with Crippen LogP contribution >= 0.6 is 0 Å². The number of hydrogen-bond donors (Lipinski definition) is 2. The first-order valence-electron chi connectivity index (χ1n) is 18.4. The molecular weight excluding hydrogens is 716 g/mol. The molecule has 6 aromatic rings. The molecular formula is C43H47FN6O6. The number of methoxy groups -OCH3 is 1. The van der Waals surface area contributed by atoms with Gasteiger partial charge in [-0.05, 0) is 48.9 Å². The summed E-state index contributed by atoms with van der Waals surface area (Å²) in [4.78, 5) is 22.5. The molecule has 0 fully saturated rings. The van der Waals surface area contributed by atoms with Crippen molar-refractivity contribution >= 4 is 28.3 Å². The van der Waals surface area contributed by atoms with Crippen LogP contribution in [0.2, 0.25) is 0 Å². The molecule has 0 aliphatic carbocycles. The van der Waals surface area contributed by atoms with Crippen LogP contribution < -0.4 is 20.1 Å². The highest BCUT2D eigenvalue weighted by molar-refractivity contribution is 6.07. The second-order valence-electron chi connectivity index (χ2n) is 14.1. The van der Waals surface area contributed by atoms with Gasteiger partial charge in [-0.1, -0.05) is 62.7 Å². The molecule has 13 heteroatoms. The first-order chi connectivity index (χ1) is 27.1. The normalized spacial score (nSPS) is 11.5. The van der Waals surface area contributed by atoms with Crippen molar-refractivity contribution in [2.45, 2.75) is 39.5 Å². The molecule has 2 N–H and O–H groups in total. The highest BCUT2D eigenvalue weighted by Crippen LogP contribution is 2.34. The number of carbonyl (C=O) groups excluding carboxylic acids is 1. The summed E-state index contributed by atoms with van der Waals surface area (Å²) < 4.78 is 44.1. The van der Waals surface area contributed by atoms with E-state index in [1.165, 1.54) is 12.1 Å². The summed E-state index contributed by atoms with van der Waals surface area (Å²) in [6, 6.07) is 26.8. The minimum atomic E-state index is -0.433. The molecule has 2 amide bonds. The largest absolute Gasteiger partial charge is 0.491 e. The van der Waals surface area contributed by atoms with Gasteiger partial charge in [0, 0.05) is 54.1 Å². The summed E-state index contributed by atoms with van der Waals surface area (Å²) in [5.74, 6) is 1.78. The van der Waals surface area contributed by atoms with E-state index in [4.69, 9.17) is 28.8 Å². The second-order valence-corrected chi connectivity index (χ2v) is 14.1. The summed E-state index contributed by atoms with van der Waals surface area (Å²) in [5.41, 5.74) is 3.81. The number of hydrogen-bond acceptors (Lipinski definition) is 9. The number of carbonyl (C=O) groups is 1. The molecule has 0 saturated carbocycles. The number of anilines is 2. The van der Waals surface area contributed by atoms with Gasteiger partial charge in [-0.3, -0.25) is 5.32 Å². The number of aryl methyl sites for hydroxylation is 1. The number of rotatable bonds is 17. The molecule has 0 bridgehead atoms. The van der Waals surface area contributed by atoms with E-state index in [0.717, 1.165) is 27.7 Å². The highest BCUT2D eigenvalue weighted by atomic mass is 19.1. The van der Waals surface area contributed by atoms with E-state index in [0.29, 0.717) is 73.3 Å². The zero-order valence-corrected chi connectivity index (χ0v) is 32.3. The van der Waals surface area contributed by atoms with Crippen molar-refractivity contribution in [1.29, 1.82) is 0 Å². The SMILES string of the molecule is COCCOCCOCCOc1cc(F)cc(Cc2nccc(Oc3ccc(NC(=O)Nc4cc(C(C)(C)C)nn4-c4ccc(C)cc4)c4ccccc34)n2)c1. The van der Waals surface area contributed by atoms with Gasteiger partial charge in [-0.15, -0.1) is 0 Å². The van der Waals surface area contributed by atoms with Crippen LogP contribution in [-0.2, 0) is 26.0 Å². The third-order valence-corrected chi connectivity index (χ3v) is 8.62. The molecule has 0 unspecified atom stereocenters. The fourth-order valence-electron chi connectivity index (χ4n) is 5.77. The van der Waals surface area contributed by atoms with E-state index in [-0.39, 0.29) is 18.4 Å². The fourth-order valence-corrected chi connectivity index (χ4v) is 5.77. The van der Waals surface area contributed by atoms with Crippen LogP contribution in [0.5, 0.6) is 17.4 Å². The molecule has 0 saturated heterocycles. The minimum Gasteiger partial charge on any atom is -0.491 e. The quantitative estimate of drug-likeness (QED) is 0.0877. The highest BCUT2D eigenvalue weighted by Gasteiger charge is 2.22. The van der Waals surface area contributed by atoms with Gasteiger partial charge in [0.05, 0.1) is 50.1 Å². The van der Waals surface area contributed by atoms with Gasteiger partial charge >= 0.3 is 6.03 Å². The Labute approximate surface area is 325 Å². The van der Waals surface area contributed by atoms with Crippen molar-refractivity contribution in [3.05, 3.63) is 126 Å². The number of ether oxygens (including phenoxy) is 5. The predicted molar refractivity (Wildman–Crippen MR) is 214 cm³/mol. The van der Waals surface area contributed by atoms with Crippen LogP contribution in [0.1, 0.15) is 43.4 Å². The van der Waals surface area contributed by atoms with E-state index >= 15 is 0 Å². The number of aromatic nitrogens is 4. The Bertz CT molecular complexity index is 2240.